The Bertz CT molecular complexity index is 950. The summed E-state index contributed by atoms with van der Waals surface area (Å²) in [5, 5.41) is 0.498. The largest absolute Gasteiger partial charge is 0.331 e. The van der Waals surface area contributed by atoms with Crippen molar-refractivity contribution in [1.82, 2.24) is 14.5 Å². The second-order valence-electron chi connectivity index (χ2n) is 7.44. The first-order valence-corrected chi connectivity index (χ1v) is 11.0. The molecule has 0 radical (unpaired) electrons. The molecule has 0 saturated carbocycles. The molecule has 4 nitrogen and oxygen atoms in total. The van der Waals surface area contributed by atoms with E-state index in [4.69, 9.17) is 16.6 Å². The van der Waals surface area contributed by atoms with Crippen LogP contribution in [0.2, 0.25) is 5.02 Å². The van der Waals surface area contributed by atoms with Gasteiger partial charge in [-0.05, 0) is 37.1 Å². The summed E-state index contributed by atoms with van der Waals surface area (Å²) in [6.07, 6.45) is 5.38. The van der Waals surface area contributed by atoms with Gasteiger partial charge in [-0.1, -0.05) is 69.0 Å². The summed E-state index contributed by atoms with van der Waals surface area (Å²) in [6.45, 7) is 6.47. The lowest BCUT2D eigenvalue weighted by molar-refractivity contribution is 0.0734. The van der Waals surface area contributed by atoms with Gasteiger partial charge in [-0.15, -0.1) is 0 Å². The van der Waals surface area contributed by atoms with Gasteiger partial charge in [-0.3, -0.25) is 4.79 Å². The number of benzene rings is 2. The first-order chi connectivity index (χ1) is 14.2. The maximum absolute atomic E-state index is 13.3. The molecule has 1 heterocycles. The van der Waals surface area contributed by atoms with Crippen LogP contribution in [0.15, 0.2) is 48.5 Å². The molecule has 1 amide bonds. The van der Waals surface area contributed by atoms with E-state index in [2.05, 4.69) is 24.5 Å². The Kier molecular flexibility index (Phi) is 7.70. The number of para-hydroxylation sites is 2. The van der Waals surface area contributed by atoms with E-state index in [1.807, 2.05) is 35.2 Å². The van der Waals surface area contributed by atoms with Crippen molar-refractivity contribution in [2.24, 2.45) is 0 Å². The average molecular weight is 412 g/mol. The number of carbonyl (C=O) groups excluding carboxylic acids is 1. The lowest BCUT2D eigenvalue weighted by Crippen LogP contribution is -2.33. The molecule has 0 N–H and O–H groups in total. The maximum Gasteiger partial charge on any atom is 0.255 e. The van der Waals surface area contributed by atoms with E-state index in [0.717, 1.165) is 55.5 Å². The quantitative estimate of drug-likeness (QED) is 0.366. The van der Waals surface area contributed by atoms with Gasteiger partial charge in [0, 0.05) is 13.1 Å². The Hall–Kier alpha value is -2.33. The highest BCUT2D eigenvalue weighted by Crippen LogP contribution is 2.22. The molecule has 3 aromatic rings. The second kappa shape index (κ2) is 10.4. The van der Waals surface area contributed by atoms with Crippen LogP contribution in [-0.4, -0.2) is 26.9 Å². The number of amides is 1. The number of fused-ring (bicyclic) bond motifs is 1. The second-order valence-corrected chi connectivity index (χ2v) is 7.84. The van der Waals surface area contributed by atoms with Crippen LogP contribution in [-0.2, 0) is 13.1 Å². The highest BCUT2D eigenvalue weighted by Gasteiger charge is 2.21. The van der Waals surface area contributed by atoms with Crippen molar-refractivity contribution in [3.05, 3.63) is 64.9 Å². The molecule has 0 atom stereocenters. The number of unbranched alkanes of at least 4 members (excludes halogenated alkanes) is 3. The van der Waals surface area contributed by atoms with E-state index in [1.165, 1.54) is 0 Å². The molecule has 154 valence electrons. The molecule has 1 aromatic heterocycles. The summed E-state index contributed by atoms with van der Waals surface area (Å²) in [5.74, 6) is 0.914. The minimum Gasteiger partial charge on any atom is -0.331 e. The number of nitrogens with zero attached hydrogens (tertiary/aromatic N) is 3. The van der Waals surface area contributed by atoms with Crippen LogP contribution in [0.4, 0.5) is 0 Å². The summed E-state index contributed by atoms with van der Waals surface area (Å²) < 4.78 is 2.27. The summed E-state index contributed by atoms with van der Waals surface area (Å²) in [6, 6.07) is 15.5. The van der Waals surface area contributed by atoms with Gasteiger partial charge in [-0.25, -0.2) is 4.98 Å². The van der Waals surface area contributed by atoms with Crippen molar-refractivity contribution < 1.29 is 4.79 Å². The smallest absolute Gasteiger partial charge is 0.255 e. The van der Waals surface area contributed by atoms with Gasteiger partial charge in [-0.2, -0.15) is 0 Å². The predicted molar refractivity (Wildman–Crippen MR) is 120 cm³/mol. The molecule has 0 aliphatic carbocycles. The van der Waals surface area contributed by atoms with Crippen molar-refractivity contribution in [3.63, 3.8) is 0 Å². The molecule has 0 aliphatic heterocycles. The Morgan fingerprint density at radius 3 is 2.48 bits per heavy atom. The van der Waals surface area contributed by atoms with Crippen LogP contribution in [0.1, 0.15) is 62.1 Å². The van der Waals surface area contributed by atoms with Crippen molar-refractivity contribution in [2.75, 3.05) is 6.54 Å². The standard InChI is InChI=1S/C24H30ClN3O/c1-3-5-11-16-27(24(29)19-12-7-8-13-20(19)25)18-23-26-21-14-9-10-15-22(21)28(23)17-6-4-2/h7-10,12-15H,3-6,11,16-18H2,1-2H3. The lowest BCUT2D eigenvalue weighted by Gasteiger charge is -2.23. The highest BCUT2D eigenvalue weighted by molar-refractivity contribution is 6.33. The molecular weight excluding hydrogens is 382 g/mol. The van der Waals surface area contributed by atoms with Crippen molar-refractivity contribution in [3.8, 4) is 0 Å². The van der Waals surface area contributed by atoms with E-state index in [0.29, 0.717) is 23.7 Å². The molecular formula is C24H30ClN3O. The molecule has 0 spiro atoms. The van der Waals surface area contributed by atoms with Crippen LogP contribution in [0.25, 0.3) is 11.0 Å². The average Bonchev–Trinajstić information content (AvgIpc) is 3.08. The maximum atomic E-state index is 13.3. The Morgan fingerprint density at radius 2 is 1.72 bits per heavy atom. The van der Waals surface area contributed by atoms with Crippen molar-refractivity contribution in [1.29, 1.82) is 0 Å². The fourth-order valence-electron chi connectivity index (χ4n) is 3.59. The molecule has 0 aliphatic rings. The molecule has 29 heavy (non-hydrogen) atoms. The molecule has 0 saturated heterocycles. The number of carbonyl (C=O) groups is 1. The van der Waals surface area contributed by atoms with Gasteiger partial charge in [0.15, 0.2) is 0 Å². The molecule has 3 rings (SSSR count). The number of imidazole rings is 1. The number of aromatic nitrogens is 2. The number of aryl methyl sites for hydroxylation is 1. The van der Waals surface area contributed by atoms with E-state index in [9.17, 15) is 4.79 Å². The van der Waals surface area contributed by atoms with Crippen LogP contribution in [0, 0.1) is 0 Å². The predicted octanol–water partition coefficient (Wildman–Crippen LogP) is 6.32. The SMILES string of the molecule is CCCCCN(Cc1nc2ccccc2n1CCCC)C(=O)c1ccccc1Cl. The third-order valence-corrected chi connectivity index (χ3v) is 5.55. The van der Waals surface area contributed by atoms with Crippen LogP contribution in [0.3, 0.4) is 0 Å². The van der Waals surface area contributed by atoms with Gasteiger partial charge in [0.2, 0.25) is 0 Å². The first kappa shape index (κ1) is 21.4. The van der Waals surface area contributed by atoms with Gasteiger partial charge < -0.3 is 9.47 Å². The zero-order valence-electron chi connectivity index (χ0n) is 17.4. The topological polar surface area (TPSA) is 38.1 Å². The zero-order valence-corrected chi connectivity index (χ0v) is 18.2. The van der Waals surface area contributed by atoms with Crippen molar-refractivity contribution in [2.45, 2.75) is 59.0 Å². The Balaban J connectivity index is 1.93. The summed E-state index contributed by atoms with van der Waals surface area (Å²) >= 11 is 6.32. The van der Waals surface area contributed by atoms with Gasteiger partial charge >= 0.3 is 0 Å². The third kappa shape index (κ3) is 5.18. The van der Waals surface area contributed by atoms with Crippen LogP contribution >= 0.6 is 11.6 Å². The van der Waals surface area contributed by atoms with E-state index in [1.54, 1.807) is 12.1 Å². The van der Waals surface area contributed by atoms with Gasteiger partial charge in [0.25, 0.3) is 5.91 Å². The summed E-state index contributed by atoms with van der Waals surface area (Å²) in [4.78, 5) is 20.1. The number of rotatable bonds is 10. The van der Waals surface area contributed by atoms with E-state index < -0.39 is 0 Å². The summed E-state index contributed by atoms with van der Waals surface area (Å²) in [7, 11) is 0. The molecule has 5 heteroatoms. The minimum absolute atomic E-state index is 0.0270. The van der Waals surface area contributed by atoms with Gasteiger partial charge in [0.05, 0.1) is 28.2 Å². The summed E-state index contributed by atoms with van der Waals surface area (Å²) in [5.41, 5.74) is 2.67. The van der Waals surface area contributed by atoms with Crippen molar-refractivity contribution >= 4 is 28.5 Å². The highest BCUT2D eigenvalue weighted by atomic mass is 35.5. The monoisotopic (exact) mass is 411 g/mol. The molecule has 0 fully saturated rings. The normalized spacial score (nSPS) is 11.1. The first-order valence-electron chi connectivity index (χ1n) is 10.6. The molecule has 2 aromatic carbocycles. The van der Waals surface area contributed by atoms with E-state index in [-0.39, 0.29) is 5.91 Å². The number of hydrogen-bond acceptors (Lipinski definition) is 2. The number of hydrogen-bond donors (Lipinski definition) is 0. The number of halogens is 1. The third-order valence-electron chi connectivity index (χ3n) is 5.22. The minimum atomic E-state index is -0.0270. The molecule has 0 unspecified atom stereocenters. The lowest BCUT2D eigenvalue weighted by atomic mass is 10.1. The fraction of sp³-hybridized carbons (Fsp3) is 0.417. The van der Waals surface area contributed by atoms with Crippen LogP contribution < -0.4 is 0 Å². The van der Waals surface area contributed by atoms with Gasteiger partial charge in [0.1, 0.15) is 5.82 Å². The molecule has 0 bridgehead atoms. The Morgan fingerprint density at radius 1 is 1.00 bits per heavy atom. The zero-order chi connectivity index (χ0) is 20.6. The van der Waals surface area contributed by atoms with E-state index >= 15 is 0 Å². The Labute approximate surface area is 178 Å². The fourth-order valence-corrected chi connectivity index (χ4v) is 3.81. The van der Waals surface area contributed by atoms with Crippen LogP contribution in [0.5, 0.6) is 0 Å².